The molecule has 5 heteroatoms. The first kappa shape index (κ1) is 17.1. The maximum Gasteiger partial charge on any atom is 0.255 e. The standard InChI is InChI=1S/C20H21FN2O2/c1-13(2)20(25)23-11-3-4-14-7-10-17(12-18(14)23)22-19(24)15-5-8-16(21)9-6-15/h5-10,12-13H,3-4,11H2,1-2H3,(H,22,24). The van der Waals surface area contributed by atoms with Crippen molar-refractivity contribution in [1.29, 1.82) is 0 Å². The Morgan fingerprint density at radius 3 is 2.52 bits per heavy atom. The van der Waals surface area contributed by atoms with E-state index < -0.39 is 0 Å². The van der Waals surface area contributed by atoms with Crippen molar-refractivity contribution in [3.05, 3.63) is 59.4 Å². The second-order valence-electron chi connectivity index (χ2n) is 6.55. The Hall–Kier alpha value is -2.69. The summed E-state index contributed by atoms with van der Waals surface area (Å²) in [4.78, 5) is 26.6. The number of hydrogen-bond donors (Lipinski definition) is 1. The number of carbonyl (C=O) groups is 2. The highest BCUT2D eigenvalue weighted by atomic mass is 19.1. The summed E-state index contributed by atoms with van der Waals surface area (Å²) in [5.41, 5.74) is 2.98. The lowest BCUT2D eigenvalue weighted by molar-refractivity contribution is -0.121. The predicted molar refractivity (Wildman–Crippen MR) is 96.3 cm³/mol. The van der Waals surface area contributed by atoms with E-state index in [1.807, 2.05) is 32.0 Å². The number of aryl methyl sites for hydroxylation is 1. The number of nitrogens with zero attached hydrogens (tertiary/aromatic N) is 1. The molecule has 1 aliphatic heterocycles. The Bertz CT molecular complexity index is 800. The van der Waals surface area contributed by atoms with E-state index in [4.69, 9.17) is 0 Å². The third-order valence-corrected chi connectivity index (χ3v) is 4.33. The Balaban J connectivity index is 1.84. The fourth-order valence-corrected chi connectivity index (χ4v) is 3.00. The first-order valence-electron chi connectivity index (χ1n) is 8.47. The van der Waals surface area contributed by atoms with Crippen LogP contribution in [-0.2, 0) is 11.2 Å². The molecule has 25 heavy (non-hydrogen) atoms. The molecule has 3 rings (SSSR count). The fraction of sp³-hybridized carbons (Fsp3) is 0.300. The predicted octanol–water partition coefficient (Wildman–Crippen LogP) is 4.01. The molecule has 1 N–H and O–H groups in total. The van der Waals surface area contributed by atoms with E-state index in [0.717, 1.165) is 24.1 Å². The normalized spacial score (nSPS) is 13.5. The van der Waals surface area contributed by atoms with Gasteiger partial charge < -0.3 is 10.2 Å². The van der Waals surface area contributed by atoms with Crippen molar-refractivity contribution in [3.8, 4) is 0 Å². The summed E-state index contributed by atoms with van der Waals surface area (Å²) in [6.45, 7) is 4.47. The number of fused-ring (bicyclic) bond motifs is 1. The fourth-order valence-electron chi connectivity index (χ4n) is 3.00. The van der Waals surface area contributed by atoms with Gasteiger partial charge in [-0.1, -0.05) is 19.9 Å². The first-order chi connectivity index (χ1) is 12.0. The minimum absolute atomic E-state index is 0.0802. The van der Waals surface area contributed by atoms with Gasteiger partial charge in [-0.05, 0) is 54.8 Å². The van der Waals surface area contributed by atoms with E-state index in [9.17, 15) is 14.0 Å². The summed E-state index contributed by atoms with van der Waals surface area (Å²) >= 11 is 0. The quantitative estimate of drug-likeness (QED) is 0.918. The molecule has 0 aliphatic carbocycles. The van der Waals surface area contributed by atoms with Gasteiger partial charge in [0.1, 0.15) is 5.82 Å². The number of rotatable bonds is 3. The lowest BCUT2D eigenvalue weighted by Crippen LogP contribution is -2.38. The molecule has 1 heterocycles. The molecule has 1 aliphatic rings. The van der Waals surface area contributed by atoms with Crippen LogP contribution in [0, 0.1) is 11.7 Å². The van der Waals surface area contributed by atoms with Crippen molar-refractivity contribution in [2.45, 2.75) is 26.7 Å². The van der Waals surface area contributed by atoms with Crippen LogP contribution in [0.15, 0.2) is 42.5 Å². The Morgan fingerprint density at radius 2 is 1.84 bits per heavy atom. The number of carbonyl (C=O) groups excluding carboxylic acids is 2. The van der Waals surface area contributed by atoms with E-state index in [1.165, 1.54) is 24.3 Å². The zero-order valence-corrected chi connectivity index (χ0v) is 14.4. The average Bonchev–Trinajstić information content (AvgIpc) is 2.61. The smallest absolute Gasteiger partial charge is 0.255 e. The molecule has 0 fully saturated rings. The van der Waals surface area contributed by atoms with Gasteiger partial charge in [0.2, 0.25) is 5.91 Å². The van der Waals surface area contributed by atoms with Crippen molar-refractivity contribution < 1.29 is 14.0 Å². The van der Waals surface area contributed by atoms with Gasteiger partial charge in [0.15, 0.2) is 0 Å². The van der Waals surface area contributed by atoms with E-state index in [2.05, 4.69) is 5.32 Å². The second-order valence-corrected chi connectivity index (χ2v) is 6.55. The maximum absolute atomic E-state index is 13.0. The SMILES string of the molecule is CC(C)C(=O)N1CCCc2ccc(NC(=O)c3ccc(F)cc3)cc21. The molecule has 0 radical (unpaired) electrons. The maximum atomic E-state index is 13.0. The zero-order chi connectivity index (χ0) is 18.0. The number of amides is 2. The molecule has 0 saturated carbocycles. The third-order valence-electron chi connectivity index (χ3n) is 4.33. The Morgan fingerprint density at radius 1 is 1.12 bits per heavy atom. The molecular formula is C20H21FN2O2. The minimum Gasteiger partial charge on any atom is -0.322 e. The van der Waals surface area contributed by atoms with Crippen LogP contribution in [0.1, 0.15) is 36.2 Å². The lowest BCUT2D eigenvalue weighted by atomic mass is 9.99. The summed E-state index contributed by atoms with van der Waals surface area (Å²) < 4.78 is 13.0. The highest BCUT2D eigenvalue weighted by molar-refractivity contribution is 6.05. The van der Waals surface area contributed by atoms with Crippen LogP contribution in [0.2, 0.25) is 0 Å². The number of nitrogens with one attached hydrogen (secondary N) is 1. The Kier molecular flexibility index (Phi) is 4.83. The van der Waals surface area contributed by atoms with Crippen LogP contribution in [0.5, 0.6) is 0 Å². The van der Waals surface area contributed by atoms with Gasteiger partial charge in [-0.25, -0.2) is 4.39 Å². The summed E-state index contributed by atoms with van der Waals surface area (Å²) in [5, 5.41) is 2.82. The average molecular weight is 340 g/mol. The summed E-state index contributed by atoms with van der Waals surface area (Å²) in [7, 11) is 0. The highest BCUT2D eigenvalue weighted by Gasteiger charge is 2.24. The van der Waals surface area contributed by atoms with Gasteiger partial charge in [0.25, 0.3) is 5.91 Å². The number of halogens is 1. The number of anilines is 2. The topological polar surface area (TPSA) is 49.4 Å². The molecule has 0 aromatic heterocycles. The number of benzene rings is 2. The van der Waals surface area contributed by atoms with Crippen molar-refractivity contribution in [2.24, 2.45) is 5.92 Å². The third kappa shape index (κ3) is 3.71. The molecule has 2 aromatic rings. The number of hydrogen-bond acceptors (Lipinski definition) is 2. The monoisotopic (exact) mass is 340 g/mol. The van der Waals surface area contributed by atoms with E-state index in [-0.39, 0.29) is 23.5 Å². The molecule has 0 spiro atoms. The minimum atomic E-state index is -0.381. The molecule has 0 unspecified atom stereocenters. The molecule has 2 aromatic carbocycles. The van der Waals surface area contributed by atoms with E-state index in [0.29, 0.717) is 17.8 Å². The van der Waals surface area contributed by atoms with E-state index in [1.54, 1.807) is 4.90 Å². The van der Waals surface area contributed by atoms with Crippen molar-refractivity contribution >= 4 is 23.2 Å². The van der Waals surface area contributed by atoms with Gasteiger partial charge in [-0.2, -0.15) is 0 Å². The van der Waals surface area contributed by atoms with Crippen molar-refractivity contribution in [2.75, 3.05) is 16.8 Å². The van der Waals surface area contributed by atoms with Crippen LogP contribution >= 0.6 is 0 Å². The van der Waals surface area contributed by atoms with Crippen molar-refractivity contribution in [3.63, 3.8) is 0 Å². The molecular weight excluding hydrogens is 319 g/mol. The largest absolute Gasteiger partial charge is 0.322 e. The van der Waals surface area contributed by atoms with Gasteiger partial charge in [0, 0.05) is 29.4 Å². The van der Waals surface area contributed by atoms with Crippen LogP contribution in [0.3, 0.4) is 0 Å². The molecule has 130 valence electrons. The zero-order valence-electron chi connectivity index (χ0n) is 14.4. The molecule has 2 amide bonds. The summed E-state index contributed by atoms with van der Waals surface area (Å²) in [6, 6.07) is 11.0. The molecule has 0 bridgehead atoms. The second kappa shape index (κ2) is 7.05. The summed E-state index contributed by atoms with van der Waals surface area (Å²) in [5.74, 6) is -0.683. The van der Waals surface area contributed by atoms with E-state index >= 15 is 0 Å². The summed E-state index contributed by atoms with van der Waals surface area (Å²) in [6.07, 6.45) is 1.86. The first-order valence-corrected chi connectivity index (χ1v) is 8.47. The van der Waals surface area contributed by atoms with Crippen LogP contribution in [0.25, 0.3) is 0 Å². The van der Waals surface area contributed by atoms with Crippen LogP contribution in [-0.4, -0.2) is 18.4 Å². The van der Waals surface area contributed by atoms with Gasteiger partial charge in [0.05, 0.1) is 0 Å². The van der Waals surface area contributed by atoms with Crippen LogP contribution in [0.4, 0.5) is 15.8 Å². The van der Waals surface area contributed by atoms with Gasteiger partial charge in [-0.15, -0.1) is 0 Å². The Labute approximate surface area is 146 Å². The molecule has 0 saturated heterocycles. The van der Waals surface area contributed by atoms with Gasteiger partial charge in [-0.3, -0.25) is 9.59 Å². The van der Waals surface area contributed by atoms with Gasteiger partial charge >= 0.3 is 0 Å². The molecule has 4 nitrogen and oxygen atoms in total. The molecule has 0 atom stereocenters. The highest BCUT2D eigenvalue weighted by Crippen LogP contribution is 2.31. The van der Waals surface area contributed by atoms with Crippen LogP contribution < -0.4 is 10.2 Å². The lowest BCUT2D eigenvalue weighted by Gasteiger charge is -2.31. The van der Waals surface area contributed by atoms with Crippen molar-refractivity contribution in [1.82, 2.24) is 0 Å².